The molecule has 3 rings (SSSR count). The van der Waals surface area contributed by atoms with Gasteiger partial charge >= 0.3 is 5.97 Å². The van der Waals surface area contributed by atoms with Crippen LogP contribution in [0.25, 0.3) is 11.2 Å². The molecule has 2 aromatic rings. The third-order valence-electron chi connectivity index (χ3n) is 3.99. The van der Waals surface area contributed by atoms with Crippen LogP contribution in [0.4, 0.5) is 5.82 Å². The number of carbonyl (C=O) groups is 1. The molecular formula is C15H21N5O4. The number of fused-ring (bicyclic) bond motifs is 1. The minimum absolute atomic E-state index is 0.125. The van der Waals surface area contributed by atoms with Crippen LogP contribution in [-0.2, 0) is 14.3 Å². The molecule has 9 nitrogen and oxygen atoms in total. The zero-order valence-corrected chi connectivity index (χ0v) is 13.5. The van der Waals surface area contributed by atoms with Crippen molar-refractivity contribution >= 4 is 23.0 Å². The molecule has 24 heavy (non-hydrogen) atoms. The van der Waals surface area contributed by atoms with Gasteiger partial charge in [0.05, 0.1) is 12.4 Å². The van der Waals surface area contributed by atoms with E-state index in [2.05, 4.69) is 15.0 Å². The molecule has 0 saturated carbocycles. The van der Waals surface area contributed by atoms with Gasteiger partial charge in [0, 0.05) is 12.8 Å². The van der Waals surface area contributed by atoms with Crippen molar-refractivity contribution in [3.63, 3.8) is 0 Å². The predicted octanol–water partition coefficient (Wildman–Crippen LogP) is 0.790. The SMILES string of the molecule is CCCCC(=O)OCC1CC(O)C(n2cnc3c(N)ncnc32)O1. The summed E-state index contributed by atoms with van der Waals surface area (Å²) in [5.41, 5.74) is 6.72. The van der Waals surface area contributed by atoms with Crippen LogP contribution in [0, 0.1) is 0 Å². The first-order valence-corrected chi connectivity index (χ1v) is 8.02. The van der Waals surface area contributed by atoms with Gasteiger partial charge in [-0.2, -0.15) is 0 Å². The number of hydrogen-bond donors (Lipinski definition) is 2. The molecule has 130 valence electrons. The summed E-state index contributed by atoms with van der Waals surface area (Å²) < 4.78 is 12.6. The Labute approximate surface area is 138 Å². The number of hydrogen-bond acceptors (Lipinski definition) is 8. The highest BCUT2D eigenvalue weighted by Crippen LogP contribution is 2.31. The monoisotopic (exact) mass is 335 g/mol. The Kier molecular flexibility index (Phi) is 4.91. The topological polar surface area (TPSA) is 125 Å². The van der Waals surface area contributed by atoms with Crippen LogP contribution in [0.2, 0.25) is 0 Å². The van der Waals surface area contributed by atoms with E-state index in [0.29, 0.717) is 24.0 Å². The van der Waals surface area contributed by atoms with Gasteiger partial charge in [0.1, 0.15) is 24.6 Å². The van der Waals surface area contributed by atoms with Gasteiger partial charge in [0.2, 0.25) is 0 Å². The predicted molar refractivity (Wildman–Crippen MR) is 84.8 cm³/mol. The summed E-state index contributed by atoms with van der Waals surface area (Å²) in [4.78, 5) is 23.8. The first-order chi connectivity index (χ1) is 11.6. The fraction of sp³-hybridized carbons (Fsp3) is 0.600. The van der Waals surface area contributed by atoms with Crippen molar-refractivity contribution in [2.24, 2.45) is 0 Å². The van der Waals surface area contributed by atoms with Gasteiger partial charge in [-0.15, -0.1) is 0 Å². The third-order valence-corrected chi connectivity index (χ3v) is 3.99. The summed E-state index contributed by atoms with van der Waals surface area (Å²) in [6.45, 7) is 2.14. The van der Waals surface area contributed by atoms with Crippen molar-refractivity contribution in [1.29, 1.82) is 0 Å². The number of unbranched alkanes of at least 4 members (excludes halogenated alkanes) is 1. The van der Waals surface area contributed by atoms with Crippen molar-refractivity contribution in [3.8, 4) is 0 Å². The summed E-state index contributed by atoms with van der Waals surface area (Å²) >= 11 is 0. The van der Waals surface area contributed by atoms with Gasteiger partial charge in [0.15, 0.2) is 17.7 Å². The number of esters is 1. The molecule has 0 spiro atoms. The molecule has 0 bridgehead atoms. The van der Waals surface area contributed by atoms with E-state index < -0.39 is 12.3 Å². The molecule has 0 amide bonds. The number of aliphatic hydroxyl groups is 1. The van der Waals surface area contributed by atoms with E-state index in [-0.39, 0.29) is 24.5 Å². The first kappa shape index (κ1) is 16.6. The van der Waals surface area contributed by atoms with E-state index in [1.165, 1.54) is 12.7 Å². The van der Waals surface area contributed by atoms with Crippen LogP contribution in [0.5, 0.6) is 0 Å². The van der Waals surface area contributed by atoms with E-state index in [1.54, 1.807) is 4.57 Å². The van der Waals surface area contributed by atoms with Crippen molar-refractivity contribution in [1.82, 2.24) is 19.5 Å². The lowest BCUT2D eigenvalue weighted by molar-refractivity contribution is -0.148. The maximum atomic E-state index is 11.6. The highest BCUT2D eigenvalue weighted by molar-refractivity contribution is 5.81. The minimum Gasteiger partial charge on any atom is -0.463 e. The standard InChI is InChI=1S/C15H21N5O4/c1-2-3-4-11(22)23-6-9-5-10(21)15(24-9)20-8-19-12-13(16)17-7-18-14(12)20/h7-10,15,21H,2-6H2,1H3,(H2,16,17,18). The Morgan fingerprint density at radius 2 is 2.33 bits per heavy atom. The normalized spacial score (nSPS) is 23.7. The second-order valence-corrected chi connectivity index (χ2v) is 5.82. The Hall–Kier alpha value is -2.26. The van der Waals surface area contributed by atoms with Crippen LogP contribution in [0.3, 0.4) is 0 Å². The lowest BCUT2D eigenvalue weighted by atomic mass is 10.2. The lowest BCUT2D eigenvalue weighted by Gasteiger charge is -2.16. The number of imidazole rings is 1. The Morgan fingerprint density at radius 1 is 1.50 bits per heavy atom. The Balaban J connectivity index is 1.65. The van der Waals surface area contributed by atoms with E-state index >= 15 is 0 Å². The Bertz CT molecular complexity index is 719. The van der Waals surface area contributed by atoms with Gasteiger partial charge in [-0.05, 0) is 6.42 Å². The van der Waals surface area contributed by atoms with Gasteiger partial charge in [-0.1, -0.05) is 13.3 Å². The maximum absolute atomic E-state index is 11.6. The highest BCUT2D eigenvalue weighted by Gasteiger charge is 2.36. The maximum Gasteiger partial charge on any atom is 0.305 e. The minimum atomic E-state index is -0.752. The molecule has 1 saturated heterocycles. The zero-order valence-electron chi connectivity index (χ0n) is 13.5. The number of aliphatic hydroxyl groups excluding tert-OH is 1. The van der Waals surface area contributed by atoms with Crippen LogP contribution in [0.1, 0.15) is 38.8 Å². The summed E-state index contributed by atoms with van der Waals surface area (Å²) in [5, 5.41) is 10.3. The molecule has 0 radical (unpaired) electrons. The number of nitrogen functional groups attached to an aromatic ring is 1. The number of aromatic nitrogens is 4. The molecule has 0 aliphatic carbocycles. The molecule has 1 aliphatic heterocycles. The van der Waals surface area contributed by atoms with Crippen LogP contribution < -0.4 is 5.73 Å². The second kappa shape index (κ2) is 7.10. The quantitative estimate of drug-likeness (QED) is 0.742. The second-order valence-electron chi connectivity index (χ2n) is 5.82. The van der Waals surface area contributed by atoms with E-state index in [0.717, 1.165) is 12.8 Å². The van der Waals surface area contributed by atoms with Crippen molar-refractivity contribution in [2.75, 3.05) is 12.3 Å². The fourth-order valence-electron chi connectivity index (χ4n) is 2.72. The number of carbonyl (C=O) groups excluding carboxylic acids is 1. The van der Waals surface area contributed by atoms with Crippen molar-refractivity contribution in [3.05, 3.63) is 12.7 Å². The molecule has 1 fully saturated rings. The molecule has 0 aromatic carbocycles. The van der Waals surface area contributed by atoms with Gasteiger partial charge in [0.25, 0.3) is 0 Å². The van der Waals surface area contributed by atoms with Gasteiger partial charge in [-0.25, -0.2) is 15.0 Å². The number of nitrogens with two attached hydrogens (primary N) is 1. The summed E-state index contributed by atoms with van der Waals surface area (Å²) in [6.07, 6.45) is 3.59. The van der Waals surface area contributed by atoms with E-state index in [4.69, 9.17) is 15.2 Å². The number of rotatable bonds is 6. The smallest absolute Gasteiger partial charge is 0.305 e. The summed E-state index contributed by atoms with van der Waals surface area (Å²) in [5.74, 6) is 0.0274. The Morgan fingerprint density at radius 3 is 3.12 bits per heavy atom. The molecule has 3 N–H and O–H groups in total. The van der Waals surface area contributed by atoms with E-state index in [1.807, 2.05) is 6.92 Å². The largest absolute Gasteiger partial charge is 0.463 e. The molecule has 3 atom stereocenters. The highest BCUT2D eigenvalue weighted by atomic mass is 16.6. The van der Waals surface area contributed by atoms with Crippen LogP contribution in [0.15, 0.2) is 12.7 Å². The van der Waals surface area contributed by atoms with Crippen molar-refractivity contribution in [2.45, 2.75) is 51.0 Å². The number of anilines is 1. The van der Waals surface area contributed by atoms with Gasteiger partial charge in [-0.3, -0.25) is 9.36 Å². The van der Waals surface area contributed by atoms with Crippen molar-refractivity contribution < 1.29 is 19.4 Å². The van der Waals surface area contributed by atoms with Crippen LogP contribution in [-0.4, -0.2) is 49.4 Å². The molecule has 9 heteroatoms. The lowest BCUT2D eigenvalue weighted by Crippen LogP contribution is -2.20. The zero-order chi connectivity index (χ0) is 17.1. The summed E-state index contributed by atoms with van der Waals surface area (Å²) in [6, 6.07) is 0. The third kappa shape index (κ3) is 3.31. The first-order valence-electron chi connectivity index (χ1n) is 8.02. The average Bonchev–Trinajstić information content (AvgIpc) is 3.15. The number of nitrogens with zero attached hydrogens (tertiary/aromatic N) is 4. The van der Waals surface area contributed by atoms with E-state index in [9.17, 15) is 9.90 Å². The fourth-order valence-corrected chi connectivity index (χ4v) is 2.72. The van der Waals surface area contributed by atoms with Crippen LogP contribution >= 0.6 is 0 Å². The average molecular weight is 335 g/mol. The molecule has 3 unspecified atom stereocenters. The molecule has 1 aliphatic rings. The van der Waals surface area contributed by atoms with Gasteiger partial charge < -0.3 is 20.3 Å². The molecule has 3 heterocycles. The number of ether oxygens (including phenoxy) is 2. The molecular weight excluding hydrogens is 314 g/mol. The summed E-state index contributed by atoms with van der Waals surface area (Å²) in [7, 11) is 0. The molecule has 2 aromatic heterocycles.